The smallest absolute Gasteiger partial charge is 0.0859 e. The van der Waals surface area contributed by atoms with Crippen molar-refractivity contribution in [3.63, 3.8) is 0 Å². The fourth-order valence-electron chi connectivity index (χ4n) is 1.80. The first-order valence-corrected chi connectivity index (χ1v) is 7.66. The first-order chi connectivity index (χ1) is 5.87. The van der Waals surface area contributed by atoms with E-state index in [0.717, 1.165) is 5.92 Å². The molecule has 1 heteroatoms. The average molecular weight is 194 g/mol. The van der Waals surface area contributed by atoms with Crippen LogP contribution < -0.4 is 0 Å². The van der Waals surface area contributed by atoms with Crippen LogP contribution in [0, 0.1) is 11.3 Å². The number of hydrogen-bond donors (Lipinski definition) is 0. The van der Waals surface area contributed by atoms with Crippen molar-refractivity contribution in [3.05, 3.63) is 22.5 Å². The van der Waals surface area contributed by atoms with E-state index in [4.69, 9.17) is 0 Å². The molecule has 0 nitrogen and oxygen atoms in total. The van der Waals surface area contributed by atoms with Crippen LogP contribution in [-0.4, -0.2) is 8.80 Å². The molecule has 0 amide bonds. The minimum absolute atomic E-state index is 0.359. The summed E-state index contributed by atoms with van der Waals surface area (Å²) in [5.74, 6) is 0.724. The van der Waals surface area contributed by atoms with Gasteiger partial charge in [0.1, 0.15) is 0 Å². The average Bonchev–Trinajstić information content (AvgIpc) is 2.33. The van der Waals surface area contributed by atoms with Gasteiger partial charge in [0.25, 0.3) is 0 Å². The standard InChI is InChI=1S/C12H22Si/c1-9(2)12(4,5)11-7-8-13(6)10(11)3/h7-9,13H,1-6H3. The van der Waals surface area contributed by atoms with Crippen LogP contribution in [0.1, 0.15) is 34.6 Å². The van der Waals surface area contributed by atoms with E-state index in [-0.39, 0.29) is 0 Å². The summed E-state index contributed by atoms with van der Waals surface area (Å²) in [6.07, 6.45) is 2.38. The van der Waals surface area contributed by atoms with Crippen LogP contribution in [0.3, 0.4) is 0 Å². The van der Waals surface area contributed by atoms with Gasteiger partial charge in [-0.1, -0.05) is 51.2 Å². The molecule has 0 radical (unpaired) electrons. The van der Waals surface area contributed by atoms with Crippen LogP contribution in [0.25, 0.3) is 0 Å². The van der Waals surface area contributed by atoms with Crippen LogP contribution in [0.2, 0.25) is 6.55 Å². The highest BCUT2D eigenvalue weighted by Gasteiger charge is 2.30. The van der Waals surface area contributed by atoms with Crippen molar-refractivity contribution in [3.8, 4) is 0 Å². The highest BCUT2D eigenvalue weighted by Crippen LogP contribution is 2.39. The third kappa shape index (κ3) is 1.80. The molecule has 1 aliphatic heterocycles. The van der Waals surface area contributed by atoms with Gasteiger partial charge in [0.15, 0.2) is 0 Å². The maximum Gasteiger partial charge on any atom is 0.0859 e. The summed E-state index contributed by atoms with van der Waals surface area (Å²) in [7, 11) is -0.643. The van der Waals surface area contributed by atoms with Crippen molar-refractivity contribution in [2.75, 3.05) is 0 Å². The van der Waals surface area contributed by atoms with E-state index in [2.05, 4.69) is 52.9 Å². The lowest BCUT2D eigenvalue weighted by Gasteiger charge is -2.31. The van der Waals surface area contributed by atoms with Crippen molar-refractivity contribution in [1.29, 1.82) is 0 Å². The van der Waals surface area contributed by atoms with Crippen LogP contribution >= 0.6 is 0 Å². The third-order valence-electron chi connectivity index (χ3n) is 3.80. The molecule has 1 unspecified atom stereocenters. The predicted molar refractivity (Wildman–Crippen MR) is 63.5 cm³/mol. The van der Waals surface area contributed by atoms with Gasteiger partial charge in [-0.25, -0.2) is 0 Å². The van der Waals surface area contributed by atoms with Gasteiger partial charge in [0.05, 0.1) is 8.80 Å². The first kappa shape index (κ1) is 10.8. The van der Waals surface area contributed by atoms with Gasteiger partial charge in [-0.3, -0.25) is 0 Å². The van der Waals surface area contributed by atoms with E-state index in [9.17, 15) is 0 Å². The second kappa shape index (κ2) is 3.45. The Bertz CT molecular complexity index is 256. The molecular weight excluding hydrogens is 172 g/mol. The first-order valence-electron chi connectivity index (χ1n) is 5.26. The molecular formula is C12H22Si. The zero-order chi connectivity index (χ0) is 10.2. The van der Waals surface area contributed by atoms with E-state index in [1.807, 2.05) is 0 Å². The molecule has 0 spiro atoms. The summed E-state index contributed by atoms with van der Waals surface area (Å²) in [6.45, 7) is 14.1. The Hall–Kier alpha value is -0.303. The second-order valence-corrected chi connectivity index (χ2v) is 7.95. The fraction of sp³-hybridized carbons (Fsp3) is 0.667. The van der Waals surface area contributed by atoms with Crippen LogP contribution in [0.4, 0.5) is 0 Å². The topological polar surface area (TPSA) is 0 Å². The molecule has 0 fully saturated rings. The van der Waals surface area contributed by atoms with E-state index in [1.165, 1.54) is 0 Å². The molecule has 0 aromatic carbocycles. The molecule has 0 aromatic heterocycles. The summed E-state index contributed by atoms with van der Waals surface area (Å²) >= 11 is 0. The number of allylic oxidation sites excluding steroid dienone is 3. The monoisotopic (exact) mass is 194 g/mol. The Morgan fingerprint density at radius 1 is 1.31 bits per heavy atom. The fourth-order valence-corrected chi connectivity index (χ4v) is 3.52. The molecule has 1 heterocycles. The Labute approximate surface area is 84.3 Å². The summed E-state index contributed by atoms with van der Waals surface area (Å²) in [6, 6.07) is 0. The Kier molecular flexibility index (Phi) is 2.86. The van der Waals surface area contributed by atoms with Gasteiger partial charge in [-0.2, -0.15) is 0 Å². The Morgan fingerprint density at radius 2 is 1.85 bits per heavy atom. The van der Waals surface area contributed by atoms with Crippen molar-refractivity contribution in [2.45, 2.75) is 41.2 Å². The lowest BCUT2D eigenvalue weighted by atomic mass is 9.74. The van der Waals surface area contributed by atoms with Gasteiger partial charge in [-0.05, 0) is 23.8 Å². The van der Waals surface area contributed by atoms with E-state index in [1.54, 1.807) is 10.8 Å². The summed E-state index contributed by atoms with van der Waals surface area (Å²) in [5.41, 5.74) is 4.43. The normalized spacial score (nSPS) is 23.5. The minimum atomic E-state index is -0.643. The number of rotatable bonds is 2. The molecule has 0 N–H and O–H groups in total. The minimum Gasteiger partial charge on any atom is -0.0932 e. The van der Waals surface area contributed by atoms with E-state index < -0.39 is 8.80 Å². The molecule has 0 saturated carbocycles. The lowest BCUT2D eigenvalue weighted by Crippen LogP contribution is -2.22. The molecule has 0 aliphatic carbocycles. The predicted octanol–water partition coefficient (Wildman–Crippen LogP) is 3.49. The van der Waals surface area contributed by atoms with Gasteiger partial charge in [0, 0.05) is 0 Å². The molecule has 1 atom stereocenters. The summed E-state index contributed by atoms with van der Waals surface area (Å²) in [5, 5.41) is 1.69. The van der Waals surface area contributed by atoms with Gasteiger partial charge < -0.3 is 0 Å². The quantitative estimate of drug-likeness (QED) is 0.590. The van der Waals surface area contributed by atoms with Crippen LogP contribution in [-0.2, 0) is 0 Å². The molecule has 1 aliphatic rings. The summed E-state index contributed by atoms with van der Waals surface area (Å²) < 4.78 is 0. The molecule has 0 bridgehead atoms. The maximum absolute atomic E-state index is 2.45. The maximum atomic E-state index is 2.45. The summed E-state index contributed by atoms with van der Waals surface area (Å²) in [4.78, 5) is 0. The van der Waals surface area contributed by atoms with Gasteiger partial charge in [-0.15, -0.1) is 0 Å². The van der Waals surface area contributed by atoms with Crippen molar-refractivity contribution in [2.24, 2.45) is 11.3 Å². The van der Waals surface area contributed by atoms with Gasteiger partial charge in [0.2, 0.25) is 0 Å². The van der Waals surface area contributed by atoms with E-state index in [0.29, 0.717) is 5.41 Å². The van der Waals surface area contributed by atoms with Crippen molar-refractivity contribution < 1.29 is 0 Å². The van der Waals surface area contributed by atoms with Gasteiger partial charge >= 0.3 is 0 Å². The highest BCUT2D eigenvalue weighted by atomic mass is 28.3. The molecule has 13 heavy (non-hydrogen) atoms. The van der Waals surface area contributed by atoms with Crippen molar-refractivity contribution >= 4 is 8.80 Å². The molecule has 1 rings (SSSR count). The molecule has 74 valence electrons. The SMILES string of the molecule is CC1=C(C(C)(C)C(C)C)C=C[SiH]1C. The molecule has 0 aromatic rings. The number of hydrogen-bond acceptors (Lipinski definition) is 0. The lowest BCUT2D eigenvalue weighted by molar-refractivity contribution is 0.316. The molecule has 0 saturated heterocycles. The van der Waals surface area contributed by atoms with E-state index >= 15 is 0 Å². The zero-order valence-electron chi connectivity index (χ0n) is 9.81. The Balaban J connectivity index is 3.02. The van der Waals surface area contributed by atoms with Crippen LogP contribution in [0.15, 0.2) is 22.5 Å². The van der Waals surface area contributed by atoms with Crippen molar-refractivity contribution in [1.82, 2.24) is 0 Å². The van der Waals surface area contributed by atoms with Crippen LogP contribution in [0.5, 0.6) is 0 Å². The third-order valence-corrected chi connectivity index (χ3v) is 6.24. The Morgan fingerprint density at radius 3 is 2.15 bits per heavy atom. The zero-order valence-corrected chi connectivity index (χ0v) is 11.0. The second-order valence-electron chi connectivity index (χ2n) is 5.12. The largest absolute Gasteiger partial charge is 0.0932 e. The highest BCUT2D eigenvalue weighted by molar-refractivity contribution is 6.71.